The number of thiazole rings is 1. The average molecular weight is 296 g/mol. The maximum Gasteiger partial charge on any atom is 0.267 e. The Labute approximate surface area is 124 Å². The van der Waals surface area contributed by atoms with Crippen molar-refractivity contribution >= 4 is 28.2 Å². The highest BCUT2D eigenvalue weighted by Gasteiger charge is 2.23. The van der Waals surface area contributed by atoms with Crippen molar-refractivity contribution in [2.75, 3.05) is 24.6 Å². The van der Waals surface area contributed by atoms with Crippen LogP contribution in [0.1, 0.15) is 49.2 Å². The minimum Gasteiger partial charge on any atom is -0.382 e. The number of carbonyl (C=O) groups excluding carboxylic acids is 1. The molecule has 6 heteroatoms. The van der Waals surface area contributed by atoms with Gasteiger partial charge in [-0.2, -0.15) is 0 Å². The Morgan fingerprint density at radius 1 is 1.60 bits per heavy atom. The molecular formula is C14H24N4OS. The lowest BCUT2D eigenvalue weighted by Gasteiger charge is -2.25. The predicted molar refractivity (Wildman–Crippen MR) is 84.2 cm³/mol. The van der Waals surface area contributed by atoms with E-state index >= 15 is 0 Å². The molecule has 0 spiro atoms. The molecule has 0 bridgehead atoms. The molecule has 1 aromatic heterocycles. The van der Waals surface area contributed by atoms with Gasteiger partial charge in [-0.15, -0.1) is 0 Å². The summed E-state index contributed by atoms with van der Waals surface area (Å²) in [5.41, 5.74) is 5.89. The molecule has 1 fully saturated rings. The lowest BCUT2D eigenvalue weighted by Crippen LogP contribution is -2.30. The number of amides is 1. The lowest BCUT2D eigenvalue weighted by atomic mass is 9.93. The van der Waals surface area contributed by atoms with Gasteiger partial charge < -0.3 is 16.0 Å². The van der Waals surface area contributed by atoms with Crippen LogP contribution in [0, 0.1) is 5.92 Å². The number of nitrogens with zero attached hydrogens (tertiary/aromatic N) is 2. The number of anilines is 2. The molecule has 1 aromatic rings. The van der Waals surface area contributed by atoms with Crippen LogP contribution in [-0.4, -0.2) is 35.4 Å². The van der Waals surface area contributed by atoms with E-state index in [4.69, 9.17) is 5.73 Å². The van der Waals surface area contributed by atoms with E-state index < -0.39 is 0 Å². The summed E-state index contributed by atoms with van der Waals surface area (Å²) in [6, 6.07) is 0.501. The molecule has 1 heterocycles. The lowest BCUT2D eigenvalue weighted by molar-refractivity contribution is 0.0780. The van der Waals surface area contributed by atoms with Crippen molar-refractivity contribution in [3.63, 3.8) is 0 Å². The Morgan fingerprint density at radius 2 is 2.30 bits per heavy atom. The first-order valence-corrected chi connectivity index (χ1v) is 8.11. The van der Waals surface area contributed by atoms with Gasteiger partial charge in [-0.05, 0) is 25.2 Å². The maximum absolute atomic E-state index is 12.4. The van der Waals surface area contributed by atoms with Crippen LogP contribution >= 0.6 is 11.3 Å². The number of carbonyl (C=O) groups is 1. The molecule has 1 saturated carbocycles. The summed E-state index contributed by atoms with van der Waals surface area (Å²) in [6.45, 7) is 5.02. The highest BCUT2D eigenvalue weighted by molar-refractivity contribution is 7.18. The third kappa shape index (κ3) is 3.42. The third-order valence-electron chi connectivity index (χ3n) is 3.91. The van der Waals surface area contributed by atoms with E-state index in [9.17, 15) is 4.79 Å². The van der Waals surface area contributed by atoms with Crippen molar-refractivity contribution in [1.82, 2.24) is 9.88 Å². The topological polar surface area (TPSA) is 71.2 Å². The van der Waals surface area contributed by atoms with Crippen molar-refractivity contribution in [3.8, 4) is 0 Å². The molecule has 0 aromatic carbocycles. The van der Waals surface area contributed by atoms with Crippen LogP contribution in [0.2, 0.25) is 0 Å². The summed E-state index contributed by atoms with van der Waals surface area (Å²) in [6.07, 6.45) is 4.68. The minimum absolute atomic E-state index is 0.0260. The quantitative estimate of drug-likeness (QED) is 0.847. The number of hydrogen-bond donors (Lipinski definition) is 2. The van der Waals surface area contributed by atoms with Gasteiger partial charge >= 0.3 is 0 Å². The molecule has 5 nitrogen and oxygen atoms in total. The zero-order valence-electron chi connectivity index (χ0n) is 12.5. The van der Waals surface area contributed by atoms with Crippen molar-refractivity contribution < 1.29 is 4.79 Å². The monoisotopic (exact) mass is 296 g/mol. The van der Waals surface area contributed by atoms with Gasteiger partial charge in [0.25, 0.3) is 5.91 Å². The normalized spacial score (nSPS) is 16.6. The van der Waals surface area contributed by atoms with E-state index in [1.165, 1.54) is 30.6 Å². The fourth-order valence-corrected chi connectivity index (χ4v) is 3.08. The number of hydrogen-bond acceptors (Lipinski definition) is 5. The zero-order chi connectivity index (χ0) is 14.7. The van der Waals surface area contributed by atoms with Crippen LogP contribution < -0.4 is 11.1 Å². The average Bonchev–Trinajstić information content (AvgIpc) is 2.73. The second-order valence-electron chi connectivity index (χ2n) is 5.70. The first-order chi connectivity index (χ1) is 9.51. The number of nitrogens with one attached hydrogen (secondary N) is 1. The van der Waals surface area contributed by atoms with Gasteiger partial charge in [0.15, 0.2) is 5.13 Å². The summed E-state index contributed by atoms with van der Waals surface area (Å²) in [5.74, 6) is 0.811. The summed E-state index contributed by atoms with van der Waals surface area (Å²) < 4.78 is 0. The van der Waals surface area contributed by atoms with Gasteiger partial charge in [-0.25, -0.2) is 4.98 Å². The fraction of sp³-hybridized carbons (Fsp3) is 0.714. The van der Waals surface area contributed by atoms with Crippen LogP contribution in [0.3, 0.4) is 0 Å². The molecule has 2 rings (SSSR count). The molecule has 1 aliphatic carbocycles. The van der Waals surface area contributed by atoms with E-state index in [0.29, 0.717) is 22.7 Å². The number of nitrogen functional groups attached to an aromatic ring is 1. The first-order valence-electron chi connectivity index (χ1n) is 7.29. The first kappa shape index (κ1) is 15.1. The molecule has 1 aliphatic rings. The van der Waals surface area contributed by atoms with Gasteiger partial charge in [-0.1, -0.05) is 31.6 Å². The smallest absolute Gasteiger partial charge is 0.267 e. The molecule has 3 N–H and O–H groups in total. The highest BCUT2D eigenvalue weighted by Crippen LogP contribution is 2.30. The van der Waals surface area contributed by atoms with Crippen LogP contribution in [0.5, 0.6) is 0 Å². The van der Waals surface area contributed by atoms with Crippen LogP contribution in [-0.2, 0) is 0 Å². The van der Waals surface area contributed by atoms with Crippen molar-refractivity contribution in [1.29, 1.82) is 0 Å². The van der Waals surface area contributed by atoms with Gasteiger partial charge in [0.2, 0.25) is 0 Å². The van der Waals surface area contributed by atoms with Gasteiger partial charge in [-0.3, -0.25) is 4.79 Å². The molecule has 0 radical (unpaired) electrons. The van der Waals surface area contributed by atoms with E-state index in [1.54, 1.807) is 4.90 Å². The molecule has 1 atom stereocenters. The summed E-state index contributed by atoms with van der Waals surface area (Å²) >= 11 is 1.37. The number of rotatable bonds is 6. The van der Waals surface area contributed by atoms with Gasteiger partial charge in [0.05, 0.1) is 0 Å². The molecule has 1 unspecified atom stereocenters. The fourth-order valence-electron chi connectivity index (χ4n) is 2.13. The predicted octanol–water partition coefficient (Wildman–Crippen LogP) is 2.81. The Hall–Kier alpha value is -1.30. The molecule has 0 aliphatic heterocycles. The van der Waals surface area contributed by atoms with Crippen LogP contribution in [0.25, 0.3) is 0 Å². The summed E-state index contributed by atoms with van der Waals surface area (Å²) in [7, 11) is 1.83. The van der Waals surface area contributed by atoms with Crippen molar-refractivity contribution in [3.05, 3.63) is 4.88 Å². The Morgan fingerprint density at radius 3 is 2.85 bits per heavy atom. The number of nitrogens with two attached hydrogens (primary N) is 1. The van der Waals surface area contributed by atoms with Gasteiger partial charge in [0, 0.05) is 19.6 Å². The number of aromatic nitrogens is 1. The second-order valence-corrected chi connectivity index (χ2v) is 6.70. The molecule has 0 saturated heterocycles. The third-order valence-corrected chi connectivity index (χ3v) is 4.90. The van der Waals surface area contributed by atoms with Crippen LogP contribution in [0.15, 0.2) is 0 Å². The largest absolute Gasteiger partial charge is 0.382 e. The standard InChI is InChI=1S/C14H24N4OS/c1-4-9(2)8-18(3)13(19)11-12(15)17-14(20-11)16-10-6-5-7-10/h9-10H,4-8,15H2,1-3H3,(H,16,17). The summed E-state index contributed by atoms with van der Waals surface area (Å²) in [4.78, 5) is 19.0. The highest BCUT2D eigenvalue weighted by atomic mass is 32.1. The zero-order valence-corrected chi connectivity index (χ0v) is 13.3. The van der Waals surface area contributed by atoms with Gasteiger partial charge in [0.1, 0.15) is 10.7 Å². The van der Waals surface area contributed by atoms with Crippen molar-refractivity contribution in [2.24, 2.45) is 5.92 Å². The SMILES string of the molecule is CCC(C)CN(C)C(=O)c1sc(NC2CCC2)nc1N. The Balaban J connectivity index is 2.01. The van der Waals surface area contributed by atoms with E-state index in [0.717, 1.165) is 18.1 Å². The maximum atomic E-state index is 12.4. The second kappa shape index (κ2) is 6.43. The van der Waals surface area contributed by atoms with Crippen molar-refractivity contribution in [2.45, 2.75) is 45.6 Å². The van der Waals surface area contributed by atoms with E-state index in [-0.39, 0.29) is 5.91 Å². The minimum atomic E-state index is -0.0260. The Bertz CT molecular complexity index is 470. The van der Waals surface area contributed by atoms with E-state index in [2.05, 4.69) is 24.1 Å². The molecular weight excluding hydrogens is 272 g/mol. The molecule has 20 heavy (non-hydrogen) atoms. The summed E-state index contributed by atoms with van der Waals surface area (Å²) in [5, 5.41) is 4.11. The van der Waals surface area contributed by atoms with Crippen LogP contribution in [0.4, 0.5) is 10.9 Å². The van der Waals surface area contributed by atoms with E-state index in [1.807, 2.05) is 7.05 Å². The molecule has 112 valence electrons. The molecule has 1 amide bonds. The Kier molecular flexibility index (Phi) is 4.86.